The Morgan fingerprint density at radius 3 is 2.43 bits per heavy atom. The number of carbonyl (C=O) groups excluding carboxylic acids is 1. The average molecular weight is 310 g/mol. The molecule has 0 fully saturated rings. The van der Waals surface area contributed by atoms with Crippen molar-refractivity contribution in [2.45, 2.75) is 0 Å². The lowest BCUT2D eigenvalue weighted by Gasteiger charge is -2.10. The summed E-state index contributed by atoms with van der Waals surface area (Å²) in [7, 11) is 5.05. The van der Waals surface area contributed by atoms with E-state index in [-0.39, 0.29) is 5.91 Å². The SMILES string of the molecule is COc1ccccc1NC(=O)c1cc2cccc(OC)c2n1C. The molecule has 0 spiro atoms. The van der Waals surface area contributed by atoms with Crippen LogP contribution >= 0.6 is 0 Å². The van der Waals surface area contributed by atoms with Gasteiger partial charge in [0.05, 0.1) is 25.4 Å². The number of para-hydroxylation sites is 3. The maximum Gasteiger partial charge on any atom is 0.272 e. The van der Waals surface area contributed by atoms with Gasteiger partial charge < -0.3 is 19.4 Å². The molecule has 0 radical (unpaired) electrons. The molecule has 5 nitrogen and oxygen atoms in total. The maximum atomic E-state index is 12.6. The topological polar surface area (TPSA) is 52.5 Å². The molecule has 3 aromatic rings. The Morgan fingerprint density at radius 2 is 1.70 bits per heavy atom. The zero-order chi connectivity index (χ0) is 16.4. The van der Waals surface area contributed by atoms with Crippen molar-refractivity contribution < 1.29 is 14.3 Å². The van der Waals surface area contributed by atoms with Gasteiger partial charge in [-0.3, -0.25) is 4.79 Å². The van der Waals surface area contributed by atoms with Crippen LogP contribution in [0.4, 0.5) is 5.69 Å². The number of amides is 1. The number of aromatic nitrogens is 1. The quantitative estimate of drug-likeness (QED) is 0.803. The number of aryl methyl sites for hydroxylation is 1. The van der Waals surface area contributed by atoms with E-state index in [1.807, 2.05) is 48.0 Å². The second kappa shape index (κ2) is 6.04. The molecule has 0 saturated heterocycles. The van der Waals surface area contributed by atoms with Gasteiger partial charge in [0.25, 0.3) is 5.91 Å². The molecule has 1 heterocycles. The molecule has 0 unspecified atom stereocenters. The Labute approximate surface area is 134 Å². The Morgan fingerprint density at radius 1 is 1.00 bits per heavy atom. The smallest absolute Gasteiger partial charge is 0.272 e. The summed E-state index contributed by atoms with van der Waals surface area (Å²) >= 11 is 0. The fourth-order valence-electron chi connectivity index (χ4n) is 2.70. The van der Waals surface area contributed by atoms with Gasteiger partial charge in [-0.25, -0.2) is 0 Å². The van der Waals surface area contributed by atoms with Crippen LogP contribution in [-0.4, -0.2) is 24.7 Å². The Kier molecular flexibility index (Phi) is 3.93. The first-order valence-electron chi connectivity index (χ1n) is 7.22. The lowest BCUT2D eigenvalue weighted by atomic mass is 10.2. The Bertz CT molecular complexity index is 868. The zero-order valence-electron chi connectivity index (χ0n) is 13.3. The molecule has 5 heteroatoms. The highest BCUT2D eigenvalue weighted by Gasteiger charge is 2.17. The molecule has 23 heavy (non-hydrogen) atoms. The summed E-state index contributed by atoms with van der Waals surface area (Å²) in [6.45, 7) is 0. The molecule has 2 aromatic carbocycles. The van der Waals surface area contributed by atoms with Crippen LogP contribution in [0.15, 0.2) is 48.5 Å². The highest BCUT2D eigenvalue weighted by Crippen LogP contribution is 2.29. The van der Waals surface area contributed by atoms with Crippen molar-refractivity contribution in [2.75, 3.05) is 19.5 Å². The number of methoxy groups -OCH3 is 2. The average Bonchev–Trinajstić information content (AvgIpc) is 2.92. The van der Waals surface area contributed by atoms with Gasteiger partial charge in [0.15, 0.2) is 0 Å². The van der Waals surface area contributed by atoms with Crippen LogP contribution in [0, 0.1) is 0 Å². The lowest BCUT2D eigenvalue weighted by molar-refractivity contribution is 0.101. The van der Waals surface area contributed by atoms with E-state index in [0.717, 1.165) is 16.7 Å². The van der Waals surface area contributed by atoms with Crippen molar-refractivity contribution in [2.24, 2.45) is 7.05 Å². The number of nitrogens with one attached hydrogen (secondary N) is 1. The summed E-state index contributed by atoms with van der Waals surface area (Å²) in [4.78, 5) is 12.6. The van der Waals surface area contributed by atoms with Crippen LogP contribution < -0.4 is 14.8 Å². The predicted molar refractivity (Wildman–Crippen MR) is 90.4 cm³/mol. The third kappa shape index (κ3) is 2.61. The summed E-state index contributed by atoms with van der Waals surface area (Å²) in [6.07, 6.45) is 0. The second-order valence-corrected chi connectivity index (χ2v) is 5.14. The van der Waals surface area contributed by atoms with Gasteiger partial charge in [0, 0.05) is 12.4 Å². The van der Waals surface area contributed by atoms with E-state index in [1.54, 1.807) is 26.4 Å². The van der Waals surface area contributed by atoms with Crippen LogP contribution in [0.25, 0.3) is 10.9 Å². The van der Waals surface area contributed by atoms with Crippen LogP contribution in [-0.2, 0) is 7.05 Å². The molecule has 1 N–H and O–H groups in total. The zero-order valence-corrected chi connectivity index (χ0v) is 13.3. The first-order chi connectivity index (χ1) is 11.2. The van der Waals surface area contributed by atoms with Gasteiger partial charge in [0.1, 0.15) is 17.2 Å². The minimum absolute atomic E-state index is 0.199. The van der Waals surface area contributed by atoms with Crippen LogP contribution in [0.5, 0.6) is 11.5 Å². The summed E-state index contributed by atoms with van der Waals surface area (Å²) in [6, 6.07) is 14.9. The number of benzene rings is 2. The second-order valence-electron chi connectivity index (χ2n) is 5.14. The minimum Gasteiger partial charge on any atom is -0.495 e. The van der Waals surface area contributed by atoms with Crippen molar-refractivity contribution in [3.63, 3.8) is 0 Å². The Balaban J connectivity index is 2.00. The molecule has 0 aliphatic heterocycles. The van der Waals surface area contributed by atoms with E-state index in [4.69, 9.17) is 9.47 Å². The standard InChI is InChI=1S/C18H18N2O3/c1-20-14(11-12-7-6-10-16(23-3)17(12)20)18(21)19-13-8-4-5-9-15(13)22-2/h4-11H,1-3H3,(H,19,21). The number of hydrogen-bond acceptors (Lipinski definition) is 3. The van der Waals surface area contributed by atoms with Gasteiger partial charge in [-0.1, -0.05) is 24.3 Å². The highest BCUT2D eigenvalue weighted by molar-refractivity contribution is 6.07. The summed E-state index contributed by atoms with van der Waals surface area (Å²) in [5.41, 5.74) is 2.08. The van der Waals surface area contributed by atoms with Gasteiger partial charge in [-0.2, -0.15) is 0 Å². The van der Waals surface area contributed by atoms with Crippen LogP contribution in [0.3, 0.4) is 0 Å². The third-order valence-corrected chi connectivity index (χ3v) is 3.83. The normalized spacial score (nSPS) is 10.6. The number of carbonyl (C=O) groups is 1. The molecule has 1 amide bonds. The van der Waals surface area contributed by atoms with Gasteiger partial charge in [0.2, 0.25) is 0 Å². The molecule has 0 aliphatic carbocycles. The van der Waals surface area contributed by atoms with Crippen molar-refractivity contribution in [1.29, 1.82) is 0 Å². The molecule has 0 aliphatic rings. The molecule has 0 atom stereocenters. The van der Waals surface area contributed by atoms with E-state index in [1.165, 1.54) is 0 Å². The van der Waals surface area contributed by atoms with E-state index in [2.05, 4.69) is 5.32 Å². The molecule has 1 aromatic heterocycles. The maximum absolute atomic E-state index is 12.6. The minimum atomic E-state index is -0.199. The fourth-order valence-corrected chi connectivity index (χ4v) is 2.70. The fraction of sp³-hybridized carbons (Fsp3) is 0.167. The first kappa shape index (κ1) is 15.0. The summed E-state index contributed by atoms with van der Waals surface area (Å²) in [5.74, 6) is 1.16. The molecular formula is C18H18N2O3. The van der Waals surface area contributed by atoms with Crippen molar-refractivity contribution in [1.82, 2.24) is 4.57 Å². The number of hydrogen-bond donors (Lipinski definition) is 1. The summed E-state index contributed by atoms with van der Waals surface area (Å²) in [5, 5.41) is 3.85. The first-order valence-corrected chi connectivity index (χ1v) is 7.22. The third-order valence-electron chi connectivity index (χ3n) is 3.83. The van der Waals surface area contributed by atoms with Crippen molar-refractivity contribution in [3.05, 3.63) is 54.2 Å². The van der Waals surface area contributed by atoms with Gasteiger partial charge in [-0.15, -0.1) is 0 Å². The molecule has 3 rings (SSSR count). The molecular weight excluding hydrogens is 292 g/mol. The van der Waals surface area contributed by atoms with E-state index in [9.17, 15) is 4.79 Å². The number of anilines is 1. The van der Waals surface area contributed by atoms with Crippen molar-refractivity contribution in [3.8, 4) is 11.5 Å². The lowest BCUT2D eigenvalue weighted by Crippen LogP contribution is -2.16. The van der Waals surface area contributed by atoms with E-state index < -0.39 is 0 Å². The monoisotopic (exact) mass is 310 g/mol. The number of rotatable bonds is 4. The largest absolute Gasteiger partial charge is 0.495 e. The van der Waals surface area contributed by atoms with E-state index >= 15 is 0 Å². The van der Waals surface area contributed by atoms with Gasteiger partial charge in [-0.05, 0) is 24.3 Å². The van der Waals surface area contributed by atoms with Crippen molar-refractivity contribution >= 4 is 22.5 Å². The Hall–Kier alpha value is -2.95. The highest BCUT2D eigenvalue weighted by atomic mass is 16.5. The van der Waals surface area contributed by atoms with E-state index in [0.29, 0.717) is 17.1 Å². The predicted octanol–water partition coefficient (Wildman–Crippen LogP) is 3.45. The van der Waals surface area contributed by atoms with Crippen LogP contribution in [0.1, 0.15) is 10.5 Å². The number of ether oxygens (including phenoxy) is 2. The number of fused-ring (bicyclic) bond motifs is 1. The molecule has 118 valence electrons. The molecule has 0 saturated carbocycles. The van der Waals surface area contributed by atoms with Crippen LogP contribution in [0.2, 0.25) is 0 Å². The summed E-state index contributed by atoms with van der Waals surface area (Å²) < 4.78 is 12.5. The van der Waals surface area contributed by atoms with Gasteiger partial charge >= 0.3 is 0 Å². The number of nitrogens with zero attached hydrogens (tertiary/aromatic N) is 1. The molecule has 0 bridgehead atoms.